The third-order valence-corrected chi connectivity index (χ3v) is 7.88. The maximum atomic E-state index is 13.0. The number of hydrogen-bond donors (Lipinski definition) is 1. The zero-order chi connectivity index (χ0) is 20.8. The van der Waals surface area contributed by atoms with E-state index in [1.165, 1.54) is 27.8 Å². The molecular weight excluding hydrogens is 414 g/mol. The monoisotopic (exact) mass is 435 g/mol. The Bertz CT molecular complexity index is 1070. The van der Waals surface area contributed by atoms with Crippen LogP contribution in [0, 0.1) is 6.92 Å². The summed E-state index contributed by atoms with van der Waals surface area (Å²) in [5, 5.41) is 2.67. The highest BCUT2D eigenvalue weighted by atomic mass is 32.2. The number of carbonyl (C=O) groups excluding carboxylic acids is 2. The van der Waals surface area contributed by atoms with E-state index in [-0.39, 0.29) is 29.8 Å². The average molecular weight is 436 g/mol. The van der Waals surface area contributed by atoms with Gasteiger partial charge in [-0.05, 0) is 44.2 Å². The second-order valence-corrected chi connectivity index (χ2v) is 10.2. The van der Waals surface area contributed by atoms with E-state index >= 15 is 0 Å². The fourth-order valence-electron chi connectivity index (χ4n) is 3.33. The predicted octanol–water partition coefficient (Wildman–Crippen LogP) is 1.92. The molecule has 1 saturated heterocycles. The quantitative estimate of drug-likeness (QED) is 0.795. The highest BCUT2D eigenvalue weighted by Crippen LogP contribution is 2.33. The molecule has 1 atom stereocenters. The first-order valence-electron chi connectivity index (χ1n) is 9.23. The van der Waals surface area contributed by atoms with Crippen molar-refractivity contribution in [2.24, 2.45) is 0 Å². The molecule has 1 fully saturated rings. The summed E-state index contributed by atoms with van der Waals surface area (Å²) in [6.45, 7) is 4.67. The second kappa shape index (κ2) is 7.43. The van der Waals surface area contributed by atoms with Crippen LogP contribution in [0.5, 0.6) is 5.75 Å². The fourth-order valence-corrected chi connectivity index (χ4v) is 5.62. The smallest absolute Gasteiger partial charge is 0.265 e. The summed E-state index contributed by atoms with van der Waals surface area (Å²) < 4.78 is 32.9. The average Bonchev–Trinajstić information content (AvgIpc) is 3.14. The van der Waals surface area contributed by atoms with Gasteiger partial charge in [-0.1, -0.05) is 0 Å². The van der Waals surface area contributed by atoms with E-state index in [1.807, 2.05) is 13.0 Å². The summed E-state index contributed by atoms with van der Waals surface area (Å²) in [4.78, 5) is 27.9. The van der Waals surface area contributed by atoms with E-state index in [1.54, 1.807) is 24.0 Å². The first-order valence-corrected chi connectivity index (χ1v) is 11.5. The van der Waals surface area contributed by atoms with Crippen molar-refractivity contribution in [3.05, 3.63) is 40.1 Å². The number of sulfonamides is 1. The van der Waals surface area contributed by atoms with E-state index in [4.69, 9.17) is 4.74 Å². The number of nitrogens with one attached hydrogen (secondary N) is 1. The van der Waals surface area contributed by atoms with Gasteiger partial charge in [0.25, 0.3) is 11.8 Å². The van der Waals surface area contributed by atoms with Crippen LogP contribution in [0.4, 0.5) is 5.69 Å². The number of rotatable bonds is 3. The molecule has 1 aromatic heterocycles. The van der Waals surface area contributed by atoms with E-state index in [2.05, 4.69) is 5.32 Å². The molecular formula is C19H21N3O5S2. The van der Waals surface area contributed by atoms with E-state index in [0.29, 0.717) is 29.4 Å². The maximum Gasteiger partial charge on any atom is 0.265 e. The Kier molecular flexibility index (Phi) is 5.09. The van der Waals surface area contributed by atoms with Crippen LogP contribution in [0.1, 0.15) is 21.5 Å². The minimum absolute atomic E-state index is 0.0668. The Labute approximate surface area is 173 Å². The molecule has 8 nitrogen and oxygen atoms in total. The maximum absolute atomic E-state index is 13.0. The van der Waals surface area contributed by atoms with Crippen LogP contribution in [0.3, 0.4) is 0 Å². The molecule has 4 rings (SSSR count). The number of carbonyl (C=O) groups is 2. The van der Waals surface area contributed by atoms with Crippen LogP contribution >= 0.6 is 11.3 Å². The molecule has 0 bridgehead atoms. The van der Waals surface area contributed by atoms with Crippen molar-refractivity contribution < 1.29 is 22.7 Å². The Balaban J connectivity index is 1.47. The normalized spacial score (nSPS) is 20.0. The van der Waals surface area contributed by atoms with Gasteiger partial charge in [-0.15, -0.1) is 11.3 Å². The van der Waals surface area contributed by atoms with Gasteiger partial charge in [0, 0.05) is 31.1 Å². The molecule has 2 aliphatic rings. The molecule has 0 spiro atoms. The van der Waals surface area contributed by atoms with Crippen LogP contribution < -0.4 is 10.1 Å². The molecule has 1 N–H and O–H groups in total. The van der Waals surface area contributed by atoms with Gasteiger partial charge < -0.3 is 15.0 Å². The summed E-state index contributed by atoms with van der Waals surface area (Å²) in [6.07, 6.45) is -0.622. The van der Waals surface area contributed by atoms with Gasteiger partial charge in [-0.3, -0.25) is 9.59 Å². The predicted molar refractivity (Wildman–Crippen MR) is 109 cm³/mol. The zero-order valence-electron chi connectivity index (χ0n) is 16.0. The van der Waals surface area contributed by atoms with Crippen LogP contribution in [-0.4, -0.2) is 61.7 Å². The topological polar surface area (TPSA) is 96.0 Å². The van der Waals surface area contributed by atoms with E-state index < -0.39 is 16.1 Å². The van der Waals surface area contributed by atoms with Crippen molar-refractivity contribution in [2.45, 2.75) is 24.8 Å². The largest absolute Gasteiger partial charge is 0.479 e. The standard InChI is InChI=1S/C19H21N3O5S2/c1-12-3-6-17(28-12)19(24)21-7-9-22(10-8-21)29(25,26)14-4-5-16-15(11-14)20-18(23)13(2)27-16/h3-6,11,13H,7-10H2,1-2H3,(H,20,23)/t13-/m0/s1. The number of aryl methyl sites for hydroxylation is 1. The highest BCUT2D eigenvalue weighted by Gasteiger charge is 2.32. The van der Waals surface area contributed by atoms with Crippen molar-refractivity contribution in [3.8, 4) is 5.75 Å². The SMILES string of the molecule is Cc1ccc(C(=O)N2CCN(S(=O)(=O)c3ccc4c(c3)NC(=O)[C@H](C)O4)CC2)s1. The van der Waals surface area contributed by atoms with E-state index in [0.717, 1.165) is 4.88 Å². The number of piperazine rings is 1. The second-order valence-electron chi connectivity index (χ2n) is 7.01. The number of benzene rings is 1. The molecule has 0 aliphatic carbocycles. The molecule has 2 amide bonds. The van der Waals surface area contributed by atoms with Crippen LogP contribution in [0.15, 0.2) is 35.2 Å². The number of anilines is 1. The summed E-state index contributed by atoms with van der Waals surface area (Å²) in [5.41, 5.74) is 0.344. The number of hydrogen-bond acceptors (Lipinski definition) is 6. The molecule has 0 radical (unpaired) electrons. The number of fused-ring (bicyclic) bond motifs is 1. The molecule has 3 heterocycles. The van der Waals surface area contributed by atoms with Crippen molar-refractivity contribution in [1.29, 1.82) is 0 Å². The lowest BCUT2D eigenvalue weighted by Crippen LogP contribution is -2.50. The van der Waals surface area contributed by atoms with Gasteiger partial charge >= 0.3 is 0 Å². The fraction of sp³-hybridized carbons (Fsp3) is 0.368. The van der Waals surface area contributed by atoms with Gasteiger partial charge in [0.05, 0.1) is 15.5 Å². The Morgan fingerprint density at radius 2 is 1.90 bits per heavy atom. The van der Waals surface area contributed by atoms with Gasteiger partial charge in [-0.25, -0.2) is 8.42 Å². The van der Waals surface area contributed by atoms with Gasteiger partial charge in [0.2, 0.25) is 10.0 Å². The number of ether oxygens (including phenoxy) is 1. The van der Waals surface area contributed by atoms with Gasteiger partial charge in [0.15, 0.2) is 6.10 Å². The first-order chi connectivity index (χ1) is 13.8. The number of nitrogens with zero attached hydrogens (tertiary/aromatic N) is 2. The molecule has 0 unspecified atom stereocenters. The Morgan fingerprint density at radius 1 is 1.17 bits per heavy atom. The number of thiophene rings is 1. The third-order valence-electron chi connectivity index (χ3n) is 5.00. The number of amides is 2. The van der Waals surface area contributed by atoms with Crippen molar-refractivity contribution in [1.82, 2.24) is 9.21 Å². The molecule has 29 heavy (non-hydrogen) atoms. The van der Waals surface area contributed by atoms with Gasteiger partial charge in [0.1, 0.15) is 5.75 Å². The van der Waals surface area contributed by atoms with Crippen molar-refractivity contribution in [3.63, 3.8) is 0 Å². The van der Waals surface area contributed by atoms with Crippen LogP contribution in [-0.2, 0) is 14.8 Å². The summed E-state index contributed by atoms with van der Waals surface area (Å²) >= 11 is 1.44. The van der Waals surface area contributed by atoms with Crippen LogP contribution in [0.2, 0.25) is 0 Å². The molecule has 2 aliphatic heterocycles. The van der Waals surface area contributed by atoms with Crippen LogP contribution in [0.25, 0.3) is 0 Å². The lowest BCUT2D eigenvalue weighted by atomic mass is 10.2. The van der Waals surface area contributed by atoms with E-state index in [9.17, 15) is 18.0 Å². The highest BCUT2D eigenvalue weighted by molar-refractivity contribution is 7.89. The van der Waals surface area contributed by atoms with Gasteiger partial charge in [-0.2, -0.15) is 4.31 Å². The molecule has 10 heteroatoms. The first kappa shape index (κ1) is 19.9. The summed E-state index contributed by atoms with van der Waals surface area (Å²) in [7, 11) is -3.75. The summed E-state index contributed by atoms with van der Waals surface area (Å²) in [6, 6.07) is 8.15. The molecule has 154 valence electrons. The molecule has 0 saturated carbocycles. The Hall–Kier alpha value is -2.43. The summed E-state index contributed by atoms with van der Waals surface area (Å²) in [5.74, 6) is 0.0589. The lowest BCUT2D eigenvalue weighted by Gasteiger charge is -2.34. The minimum atomic E-state index is -3.75. The molecule has 1 aromatic carbocycles. The lowest BCUT2D eigenvalue weighted by molar-refractivity contribution is -0.122. The third kappa shape index (κ3) is 3.75. The molecule has 2 aromatic rings. The Morgan fingerprint density at radius 3 is 2.55 bits per heavy atom. The zero-order valence-corrected chi connectivity index (χ0v) is 17.7. The van der Waals surface area contributed by atoms with Crippen molar-refractivity contribution in [2.75, 3.05) is 31.5 Å². The van der Waals surface area contributed by atoms with Crippen molar-refractivity contribution >= 4 is 38.9 Å². The minimum Gasteiger partial charge on any atom is -0.479 e.